The molecule has 0 fully saturated rings. The average Bonchev–Trinajstić information content (AvgIpc) is 2.47. The third-order valence-corrected chi connectivity index (χ3v) is 3.57. The van der Waals surface area contributed by atoms with Gasteiger partial charge >= 0.3 is 0 Å². The molecule has 0 saturated heterocycles. The van der Waals surface area contributed by atoms with Gasteiger partial charge in [-0.2, -0.15) is 0 Å². The first-order valence-electron chi connectivity index (χ1n) is 6.35. The summed E-state index contributed by atoms with van der Waals surface area (Å²) in [5.41, 5.74) is 9.26. The molecular formula is C14H20ClFN2O. The largest absolute Gasteiger partial charge is 0.326 e. The predicted octanol–water partition coefficient (Wildman–Crippen LogP) is 3.24. The van der Waals surface area contributed by atoms with Crippen LogP contribution < -0.4 is 11.1 Å². The quantitative estimate of drug-likeness (QED) is 0.779. The van der Waals surface area contributed by atoms with Crippen LogP contribution in [0.1, 0.15) is 48.9 Å². The second kappa shape index (κ2) is 6.35. The lowest BCUT2D eigenvalue weighted by Crippen LogP contribution is -2.17. The lowest BCUT2D eigenvalue weighted by Gasteiger charge is -2.20. The Hall–Kier alpha value is -1.13. The maximum atomic E-state index is 13.9. The summed E-state index contributed by atoms with van der Waals surface area (Å²) in [4.78, 5) is 11.2. The molecule has 2 rings (SSSR count). The third-order valence-electron chi connectivity index (χ3n) is 3.57. The molecule has 0 spiro atoms. The topological polar surface area (TPSA) is 55.1 Å². The summed E-state index contributed by atoms with van der Waals surface area (Å²) >= 11 is 0. The van der Waals surface area contributed by atoms with Crippen molar-refractivity contribution in [2.24, 2.45) is 5.73 Å². The monoisotopic (exact) mass is 286 g/mol. The summed E-state index contributed by atoms with van der Waals surface area (Å²) in [7, 11) is 0. The molecule has 0 saturated carbocycles. The fourth-order valence-electron chi connectivity index (χ4n) is 2.67. The van der Waals surface area contributed by atoms with Crippen LogP contribution in [0.3, 0.4) is 0 Å². The van der Waals surface area contributed by atoms with Crippen molar-refractivity contribution >= 4 is 24.0 Å². The van der Waals surface area contributed by atoms with Gasteiger partial charge in [-0.3, -0.25) is 4.79 Å². The minimum atomic E-state index is -0.272. The lowest BCUT2D eigenvalue weighted by atomic mass is 9.93. The second-order valence-electron chi connectivity index (χ2n) is 4.96. The Morgan fingerprint density at radius 3 is 2.79 bits per heavy atom. The molecule has 0 aliphatic heterocycles. The maximum absolute atomic E-state index is 13.9. The number of benzene rings is 1. The highest BCUT2D eigenvalue weighted by atomic mass is 35.5. The Labute approximate surface area is 119 Å². The van der Waals surface area contributed by atoms with E-state index in [9.17, 15) is 9.18 Å². The third kappa shape index (κ3) is 3.25. The predicted molar refractivity (Wildman–Crippen MR) is 77.2 cm³/mol. The summed E-state index contributed by atoms with van der Waals surface area (Å²) in [6, 6.07) is 1.27. The molecule has 3 nitrogen and oxygen atoms in total. The Bertz CT molecular complexity index is 491. The number of fused-ring (bicyclic) bond motifs is 1. The number of hydrogen-bond acceptors (Lipinski definition) is 2. The van der Waals surface area contributed by atoms with E-state index in [0.717, 1.165) is 36.8 Å². The molecule has 1 aliphatic carbocycles. The van der Waals surface area contributed by atoms with Gasteiger partial charge in [0.1, 0.15) is 5.82 Å². The second-order valence-corrected chi connectivity index (χ2v) is 4.96. The number of halogens is 2. The zero-order valence-corrected chi connectivity index (χ0v) is 12.1. The van der Waals surface area contributed by atoms with Crippen LogP contribution in [-0.2, 0) is 11.2 Å². The van der Waals surface area contributed by atoms with Crippen molar-refractivity contribution in [1.82, 2.24) is 0 Å². The van der Waals surface area contributed by atoms with E-state index in [1.54, 1.807) is 6.92 Å². The van der Waals surface area contributed by atoms with Crippen molar-refractivity contribution < 1.29 is 9.18 Å². The molecule has 1 amide bonds. The van der Waals surface area contributed by atoms with Gasteiger partial charge in [-0.25, -0.2) is 4.39 Å². The van der Waals surface area contributed by atoms with E-state index in [1.807, 2.05) is 0 Å². The van der Waals surface area contributed by atoms with E-state index >= 15 is 0 Å². The van der Waals surface area contributed by atoms with Crippen LogP contribution in [0, 0.1) is 12.7 Å². The molecule has 1 unspecified atom stereocenters. The SMILES string of the molecule is CC(=O)Nc1cc(F)c(C)c2c1C(N)CCCC2.Cl. The van der Waals surface area contributed by atoms with Gasteiger partial charge < -0.3 is 11.1 Å². The summed E-state index contributed by atoms with van der Waals surface area (Å²) < 4.78 is 13.9. The van der Waals surface area contributed by atoms with E-state index in [-0.39, 0.29) is 30.2 Å². The van der Waals surface area contributed by atoms with E-state index in [4.69, 9.17) is 5.73 Å². The normalized spacial score (nSPS) is 18.0. The number of hydrogen-bond donors (Lipinski definition) is 2. The first kappa shape index (κ1) is 15.9. The summed E-state index contributed by atoms with van der Waals surface area (Å²) in [5, 5.41) is 2.70. The molecule has 106 valence electrons. The highest BCUT2D eigenvalue weighted by Gasteiger charge is 2.23. The van der Waals surface area contributed by atoms with Gasteiger partial charge in [-0.05, 0) is 48.9 Å². The molecule has 1 aromatic carbocycles. The van der Waals surface area contributed by atoms with Crippen LogP contribution in [0.15, 0.2) is 6.07 Å². The van der Waals surface area contributed by atoms with Crippen molar-refractivity contribution in [2.75, 3.05) is 5.32 Å². The van der Waals surface area contributed by atoms with Gasteiger partial charge in [0.2, 0.25) is 5.91 Å². The zero-order valence-electron chi connectivity index (χ0n) is 11.3. The Kier molecular flexibility index (Phi) is 5.32. The summed E-state index contributed by atoms with van der Waals surface area (Å²) in [6.07, 6.45) is 3.77. The molecule has 1 aromatic rings. The van der Waals surface area contributed by atoms with Crippen molar-refractivity contribution in [2.45, 2.75) is 45.6 Å². The standard InChI is InChI=1S/C14H19FN2O.ClH/c1-8-10-5-3-4-6-12(16)14(10)13(7-11(8)15)17-9(2)18;/h7,12H,3-6,16H2,1-2H3,(H,17,18);1H. The Balaban J connectivity index is 0.00000180. The van der Waals surface area contributed by atoms with E-state index in [0.29, 0.717) is 11.3 Å². The highest BCUT2D eigenvalue weighted by molar-refractivity contribution is 5.90. The molecule has 1 aliphatic rings. The molecule has 0 aromatic heterocycles. The molecule has 5 heteroatoms. The lowest BCUT2D eigenvalue weighted by molar-refractivity contribution is -0.114. The van der Waals surface area contributed by atoms with Crippen LogP contribution in [0.25, 0.3) is 0 Å². The smallest absolute Gasteiger partial charge is 0.221 e. The zero-order chi connectivity index (χ0) is 13.3. The Morgan fingerprint density at radius 2 is 2.16 bits per heavy atom. The van der Waals surface area contributed by atoms with E-state index < -0.39 is 0 Å². The number of rotatable bonds is 1. The van der Waals surface area contributed by atoms with E-state index in [2.05, 4.69) is 5.32 Å². The highest BCUT2D eigenvalue weighted by Crippen LogP contribution is 2.36. The van der Waals surface area contributed by atoms with E-state index in [1.165, 1.54) is 13.0 Å². The van der Waals surface area contributed by atoms with Gasteiger partial charge in [0.25, 0.3) is 0 Å². The van der Waals surface area contributed by atoms with Crippen LogP contribution in [0.5, 0.6) is 0 Å². The van der Waals surface area contributed by atoms with Gasteiger partial charge in [0, 0.05) is 18.7 Å². The molecular weight excluding hydrogens is 267 g/mol. The van der Waals surface area contributed by atoms with Crippen molar-refractivity contribution in [3.63, 3.8) is 0 Å². The number of carbonyl (C=O) groups excluding carboxylic acids is 1. The number of amides is 1. The van der Waals surface area contributed by atoms with Gasteiger partial charge in [0.05, 0.1) is 0 Å². The first-order chi connectivity index (χ1) is 8.50. The van der Waals surface area contributed by atoms with Gasteiger partial charge in [-0.1, -0.05) is 6.42 Å². The van der Waals surface area contributed by atoms with Crippen molar-refractivity contribution in [3.05, 3.63) is 28.6 Å². The molecule has 0 bridgehead atoms. The van der Waals surface area contributed by atoms with Crippen LogP contribution in [0.4, 0.5) is 10.1 Å². The Morgan fingerprint density at radius 1 is 1.47 bits per heavy atom. The van der Waals surface area contributed by atoms with Gasteiger partial charge in [-0.15, -0.1) is 12.4 Å². The number of anilines is 1. The first-order valence-corrected chi connectivity index (χ1v) is 6.35. The maximum Gasteiger partial charge on any atom is 0.221 e. The van der Waals surface area contributed by atoms with Crippen molar-refractivity contribution in [1.29, 1.82) is 0 Å². The molecule has 0 heterocycles. The van der Waals surface area contributed by atoms with Crippen LogP contribution in [0.2, 0.25) is 0 Å². The molecule has 0 radical (unpaired) electrons. The minimum Gasteiger partial charge on any atom is -0.326 e. The summed E-state index contributed by atoms with van der Waals surface area (Å²) in [5.74, 6) is -0.469. The molecule has 19 heavy (non-hydrogen) atoms. The fraction of sp³-hybridized carbons (Fsp3) is 0.500. The van der Waals surface area contributed by atoms with Gasteiger partial charge in [0.15, 0.2) is 0 Å². The summed E-state index contributed by atoms with van der Waals surface area (Å²) in [6.45, 7) is 3.20. The van der Waals surface area contributed by atoms with Crippen LogP contribution in [-0.4, -0.2) is 5.91 Å². The number of nitrogens with two attached hydrogens (primary N) is 1. The average molecular weight is 287 g/mol. The van der Waals surface area contributed by atoms with Crippen LogP contribution >= 0.6 is 12.4 Å². The minimum absolute atomic E-state index is 0. The number of carbonyl (C=O) groups is 1. The fourth-order valence-corrected chi connectivity index (χ4v) is 2.67. The number of nitrogens with one attached hydrogen (secondary N) is 1. The van der Waals surface area contributed by atoms with Crippen molar-refractivity contribution in [3.8, 4) is 0 Å². The molecule has 1 atom stereocenters. The molecule has 3 N–H and O–H groups in total.